The monoisotopic (exact) mass is 318 g/mol. The highest BCUT2D eigenvalue weighted by Gasteiger charge is 2.37. The van der Waals surface area contributed by atoms with E-state index in [9.17, 15) is 4.79 Å². The number of hydrogen-bond donors (Lipinski definition) is 1. The second-order valence-electron chi connectivity index (χ2n) is 6.57. The molecule has 23 heavy (non-hydrogen) atoms. The Balaban J connectivity index is 1.57. The summed E-state index contributed by atoms with van der Waals surface area (Å²) in [6.45, 7) is 6.18. The van der Waals surface area contributed by atoms with E-state index in [0.29, 0.717) is 6.42 Å². The number of likely N-dealkylation sites (tertiary alicyclic amines) is 1. The fourth-order valence-corrected chi connectivity index (χ4v) is 3.45. The van der Waals surface area contributed by atoms with Gasteiger partial charge in [0.25, 0.3) is 0 Å². The van der Waals surface area contributed by atoms with Crippen molar-refractivity contribution in [2.45, 2.75) is 31.8 Å². The first-order chi connectivity index (χ1) is 11.1. The normalized spacial score (nSPS) is 20.5. The van der Waals surface area contributed by atoms with Gasteiger partial charge >= 0.3 is 0 Å². The number of nitrogens with zero attached hydrogens (tertiary/aromatic N) is 1. The van der Waals surface area contributed by atoms with Crippen LogP contribution in [0.25, 0.3) is 0 Å². The molecule has 1 amide bonds. The molecule has 0 bridgehead atoms. The van der Waals surface area contributed by atoms with Gasteiger partial charge in [-0.3, -0.25) is 4.79 Å². The molecule has 126 valence electrons. The topological polar surface area (TPSA) is 50.8 Å². The number of amides is 1. The third kappa shape index (κ3) is 3.67. The molecule has 1 N–H and O–H groups in total. The Morgan fingerprint density at radius 3 is 2.83 bits per heavy atom. The fourth-order valence-electron chi connectivity index (χ4n) is 3.45. The summed E-state index contributed by atoms with van der Waals surface area (Å²) in [6, 6.07) is 5.98. The molecule has 0 saturated carbocycles. The lowest BCUT2D eigenvalue weighted by Crippen LogP contribution is -2.56. The Bertz CT molecular complexity index is 557. The van der Waals surface area contributed by atoms with Gasteiger partial charge in [-0.15, -0.1) is 0 Å². The molecular formula is C18H26N2O3. The summed E-state index contributed by atoms with van der Waals surface area (Å²) in [6.07, 6.45) is 2.27. The fraction of sp³-hybridized carbons (Fsp3) is 0.611. The summed E-state index contributed by atoms with van der Waals surface area (Å²) in [7, 11) is 1.66. The number of rotatable bonds is 3. The molecule has 0 aliphatic carbocycles. The third-order valence-electron chi connectivity index (χ3n) is 4.99. The van der Waals surface area contributed by atoms with Crippen molar-refractivity contribution >= 4 is 5.91 Å². The van der Waals surface area contributed by atoms with Crippen LogP contribution in [-0.4, -0.2) is 56.3 Å². The lowest BCUT2D eigenvalue weighted by atomic mass is 9.90. The maximum atomic E-state index is 12.6. The Hall–Kier alpha value is -1.59. The highest BCUT2D eigenvalue weighted by Crippen LogP contribution is 2.28. The molecule has 1 aromatic carbocycles. The van der Waals surface area contributed by atoms with Gasteiger partial charge in [-0.25, -0.2) is 0 Å². The lowest BCUT2D eigenvalue weighted by molar-refractivity contribution is -0.139. The first-order valence-corrected chi connectivity index (χ1v) is 8.38. The van der Waals surface area contributed by atoms with Crippen LogP contribution < -0.4 is 10.1 Å². The first-order valence-electron chi connectivity index (χ1n) is 8.38. The van der Waals surface area contributed by atoms with Gasteiger partial charge in [-0.2, -0.15) is 0 Å². The number of aryl methyl sites for hydroxylation is 1. The highest BCUT2D eigenvalue weighted by molar-refractivity contribution is 5.79. The molecule has 2 aliphatic heterocycles. The van der Waals surface area contributed by atoms with E-state index in [1.54, 1.807) is 7.11 Å². The Morgan fingerprint density at radius 2 is 2.17 bits per heavy atom. The van der Waals surface area contributed by atoms with Crippen LogP contribution in [0.2, 0.25) is 0 Å². The first kappa shape index (κ1) is 16.3. The minimum Gasteiger partial charge on any atom is -0.496 e. The van der Waals surface area contributed by atoms with Crippen molar-refractivity contribution in [3.63, 3.8) is 0 Å². The average Bonchev–Trinajstić information content (AvgIpc) is 2.58. The molecule has 2 aliphatic rings. The number of ether oxygens (including phenoxy) is 2. The number of methoxy groups -OCH3 is 1. The Kier molecular flexibility index (Phi) is 4.87. The van der Waals surface area contributed by atoms with Gasteiger partial charge in [0.1, 0.15) is 5.75 Å². The Labute approximate surface area is 137 Å². The summed E-state index contributed by atoms with van der Waals surface area (Å²) < 4.78 is 11.3. The average molecular weight is 318 g/mol. The van der Waals surface area contributed by atoms with Crippen molar-refractivity contribution in [1.29, 1.82) is 0 Å². The lowest BCUT2D eigenvalue weighted by Gasteiger charge is -2.44. The quantitative estimate of drug-likeness (QED) is 0.918. The third-order valence-corrected chi connectivity index (χ3v) is 4.99. The van der Waals surface area contributed by atoms with E-state index in [-0.39, 0.29) is 11.5 Å². The van der Waals surface area contributed by atoms with E-state index in [1.807, 2.05) is 30.0 Å². The van der Waals surface area contributed by atoms with E-state index in [4.69, 9.17) is 9.47 Å². The number of benzene rings is 1. The summed E-state index contributed by atoms with van der Waals surface area (Å²) >= 11 is 0. The van der Waals surface area contributed by atoms with Crippen LogP contribution in [0.1, 0.15) is 24.0 Å². The second-order valence-corrected chi connectivity index (χ2v) is 6.57. The van der Waals surface area contributed by atoms with E-state index in [0.717, 1.165) is 62.5 Å². The van der Waals surface area contributed by atoms with Crippen LogP contribution in [0, 0.1) is 6.92 Å². The number of piperidine rings is 1. The molecule has 5 heteroatoms. The van der Waals surface area contributed by atoms with Crippen LogP contribution in [0.15, 0.2) is 18.2 Å². The van der Waals surface area contributed by atoms with Gasteiger partial charge in [-0.1, -0.05) is 12.1 Å². The number of carbonyl (C=O) groups is 1. The standard InChI is InChI=1S/C18H26N2O3/c1-14-3-4-15(11-16(14)22-2)12-17(21)20-8-5-18(6-9-20)13-19-7-10-23-18/h3-4,11,19H,5-10,12-13H2,1-2H3. The predicted octanol–water partition coefficient (Wildman–Crippen LogP) is 1.53. The summed E-state index contributed by atoms with van der Waals surface area (Å²) in [5.74, 6) is 1.03. The predicted molar refractivity (Wildman–Crippen MR) is 88.8 cm³/mol. The SMILES string of the molecule is COc1cc(CC(=O)N2CCC3(CC2)CNCCO3)ccc1C. The van der Waals surface area contributed by atoms with Crippen LogP contribution >= 0.6 is 0 Å². The molecule has 0 aromatic heterocycles. The van der Waals surface area contributed by atoms with Crippen LogP contribution in [-0.2, 0) is 16.0 Å². The summed E-state index contributed by atoms with van der Waals surface area (Å²) in [5.41, 5.74) is 2.04. The molecular weight excluding hydrogens is 292 g/mol. The van der Waals surface area contributed by atoms with Gasteiger partial charge in [0, 0.05) is 26.2 Å². The Morgan fingerprint density at radius 1 is 1.39 bits per heavy atom. The molecule has 2 fully saturated rings. The number of carbonyl (C=O) groups excluding carboxylic acids is 1. The van der Waals surface area contributed by atoms with Crippen LogP contribution in [0.3, 0.4) is 0 Å². The minimum atomic E-state index is -0.0535. The molecule has 1 spiro atoms. The maximum absolute atomic E-state index is 12.6. The molecule has 2 heterocycles. The zero-order valence-electron chi connectivity index (χ0n) is 14.1. The highest BCUT2D eigenvalue weighted by atomic mass is 16.5. The molecule has 5 nitrogen and oxygen atoms in total. The zero-order chi connectivity index (χ0) is 16.3. The summed E-state index contributed by atoms with van der Waals surface area (Å²) in [5, 5.41) is 3.40. The van der Waals surface area contributed by atoms with E-state index in [1.165, 1.54) is 0 Å². The van der Waals surface area contributed by atoms with E-state index < -0.39 is 0 Å². The van der Waals surface area contributed by atoms with Crippen molar-refractivity contribution < 1.29 is 14.3 Å². The van der Waals surface area contributed by atoms with Crippen molar-refractivity contribution in [2.75, 3.05) is 39.9 Å². The van der Waals surface area contributed by atoms with Crippen LogP contribution in [0.4, 0.5) is 0 Å². The smallest absolute Gasteiger partial charge is 0.226 e. The number of morpholine rings is 1. The number of nitrogens with one attached hydrogen (secondary N) is 1. The molecule has 0 unspecified atom stereocenters. The number of hydrogen-bond acceptors (Lipinski definition) is 4. The van der Waals surface area contributed by atoms with E-state index >= 15 is 0 Å². The van der Waals surface area contributed by atoms with Gasteiger partial charge < -0.3 is 19.7 Å². The largest absolute Gasteiger partial charge is 0.496 e. The molecule has 3 rings (SSSR count). The van der Waals surface area contributed by atoms with Crippen molar-refractivity contribution in [2.24, 2.45) is 0 Å². The van der Waals surface area contributed by atoms with Gasteiger partial charge in [-0.05, 0) is 37.0 Å². The zero-order valence-corrected chi connectivity index (χ0v) is 14.1. The minimum absolute atomic E-state index is 0.0535. The van der Waals surface area contributed by atoms with Crippen molar-refractivity contribution in [3.8, 4) is 5.75 Å². The van der Waals surface area contributed by atoms with Crippen molar-refractivity contribution in [3.05, 3.63) is 29.3 Å². The maximum Gasteiger partial charge on any atom is 0.226 e. The van der Waals surface area contributed by atoms with Gasteiger partial charge in [0.2, 0.25) is 5.91 Å². The molecule has 2 saturated heterocycles. The molecule has 1 aromatic rings. The molecule has 0 radical (unpaired) electrons. The summed E-state index contributed by atoms with van der Waals surface area (Å²) in [4.78, 5) is 14.5. The van der Waals surface area contributed by atoms with E-state index in [2.05, 4.69) is 5.32 Å². The molecule has 0 atom stereocenters. The van der Waals surface area contributed by atoms with Crippen LogP contribution in [0.5, 0.6) is 5.75 Å². The second kappa shape index (κ2) is 6.89. The van der Waals surface area contributed by atoms with Crippen molar-refractivity contribution in [1.82, 2.24) is 10.2 Å². The van der Waals surface area contributed by atoms with Gasteiger partial charge in [0.05, 0.1) is 25.7 Å². The van der Waals surface area contributed by atoms with Gasteiger partial charge in [0.15, 0.2) is 0 Å².